The molecule has 12 heavy (non-hydrogen) atoms. The van der Waals surface area contributed by atoms with E-state index < -0.39 is 11.9 Å². The van der Waals surface area contributed by atoms with Crippen molar-refractivity contribution in [1.82, 2.24) is 0 Å². The van der Waals surface area contributed by atoms with E-state index in [2.05, 4.69) is 0 Å². The van der Waals surface area contributed by atoms with Crippen molar-refractivity contribution in [1.29, 1.82) is 0 Å². The molecule has 4 nitrogen and oxygen atoms in total. The summed E-state index contributed by atoms with van der Waals surface area (Å²) in [6.45, 7) is 4.14. The molecular weight excluding hydrogens is 160 g/mol. The molecule has 68 valence electrons. The minimum atomic E-state index is -0.569. The molecule has 0 amide bonds. The normalized spacial score (nSPS) is 44.3. The molecule has 0 bridgehead atoms. The van der Waals surface area contributed by atoms with Crippen LogP contribution >= 0.6 is 0 Å². The zero-order chi connectivity index (χ0) is 8.77. The molecule has 0 aromatic heterocycles. The van der Waals surface area contributed by atoms with Gasteiger partial charge in [-0.05, 0) is 13.8 Å². The van der Waals surface area contributed by atoms with Gasteiger partial charge in [-0.25, -0.2) is 0 Å². The third-order valence-corrected chi connectivity index (χ3v) is 2.13. The minimum absolute atomic E-state index is 0.0739. The Labute approximate surface area is 70.8 Å². The number of rotatable bonds is 1. The van der Waals surface area contributed by atoms with E-state index >= 15 is 0 Å². The highest BCUT2D eigenvalue weighted by Gasteiger charge is 2.49. The molecule has 3 atom stereocenters. The lowest BCUT2D eigenvalue weighted by Crippen LogP contribution is -2.30. The van der Waals surface area contributed by atoms with Gasteiger partial charge in [-0.3, -0.25) is 0 Å². The van der Waals surface area contributed by atoms with Gasteiger partial charge in [0.25, 0.3) is 0 Å². The summed E-state index contributed by atoms with van der Waals surface area (Å²) < 4.78 is 16.1. The first-order valence-corrected chi connectivity index (χ1v) is 4.05. The Morgan fingerprint density at radius 1 is 1.42 bits per heavy atom. The van der Waals surface area contributed by atoms with Crippen LogP contribution in [0.2, 0.25) is 0 Å². The Bertz CT molecular complexity index is 201. The molecule has 2 aliphatic heterocycles. The van der Waals surface area contributed by atoms with Crippen molar-refractivity contribution in [3.63, 3.8) is 0 Å². The van der Waals surface area contributed by atoms with Crippen LogP contribution in [0.5, 0.6) is 0 Å². The van der Waals surface area contributed by atoms with Crippen LogP contribution in [-0.4, -0.2) is 37.0 Å². The predicted octanol–water partition coefficient (Wildman–Crippen LogP) is 0.104. The molecular formula is C8H12O4. The topological polar surface area (TPSA) is 44.8 Å². The smallest absolute Gasteiger partial charge is 0.164 e. The second-order valence-corrected chi connectivity index (χ2v) is 3.57. The van der Waals surface area contributed by atoms with E-state index in [9.17, 15) is 4.79 Å². The molecule has 2 fully saturated rings. The predicted molar refractivity (Wildman–Crippen MR) is 39.6 cm³/mol. The molecule has 0 aromatic carbocycles. The molecule has 0 aliphatic carbocycles. The molecule has 4 heteroatoms. The molecule has 0 N–H and O–H groups in total. The molecule has 2 aliphatic rings. The van der Waals surface area contributed by atoms with E-state index in [1.165, 1.54) is 0 Å². The van der Waals surface area contributed by atoms with E-state index in [0.717, 1.165) is 6.29 Å². The highest BCUT2D eigenvalue weighted by Crippen LogP contribution is 2.34. The number of carbonyl (C=O) groups is 1. The fourth-order valence-corrected chi connectivity index (χ4v) is 1.69. The number of carbonyl (C=O) groups excluding carboxylic acids is 1. The van der Waals surface area contributed by atoms with Gasteiger partial charge in [0.1, 0.15) is 18.3 Å². The lowest BCUT2D eigenvalue weighted by Gasteiger charge is -2.19. The van der Waals surface area contributed by atoms with Crippen LogP contribution in [0.25, 0.3) is 0 Å². The highest BCUT2D eigenvalue weighted by atomic mass is 16.8. The van der Waals surface area contributed by atoms with Gasteiger partial charge in [-0.15, -0.1) is 0 Å². The van der Waals surface area contributed by atoms with Crippen LogP contribution in [0.3, 0.4) is 0 Å². The van der Waals surface area contributed by atoms with E-state index in [-0.39, 0.29) is 12.2 Å². The van der Waals surface area contributed by atoms with Crippen LogP contribution in [0.4, 0.5) is 0 Å². The average molecular weight is 172 g/mol. The largest absolute Gasteiger partial charge is 0.365 e. The summed E-state index contributed by atoms with van der Waals surface area (Å²) in [5, 5.41) is 0. The average Bonchev–Trinajstić information content (AvgIpc) is 2.42. The third kappa shape index (κ3) is 1.16. The zero-order valence-electron chi connectivity index (χ0n) is 7.15. The number of ether oxygens (including phenoxy) is 3. The monoisotopic (exact) mass is 172 g/mol. The highest BCUT2D eigenvalue weighted by molar-refractivity contribution is 5.58. The molecule has 0 spiro atoms. The van der Waals surface area contributed by atoms with Crippen molar-refractivity contribution in [2.45, 2.75) is 37.9 Å². The quantitative estimate of drug-likeness (QED) is 0.526. The maximum Gasteiger partial charge on any atom is 0.164 e. The second kappa shape index (κ2) is 2.52. The number of hydrogen-bond acceptors (Lipinski definition) is 4. The fraction of sp³-hybridized carbons (Fsp3) is 0.875. The van der Waals surface area contributed by atoms with Crippen molar-refractivity contribution in [2.75, 3.05) is 6.61 Å². The Morgan fingerprint density at radius 2 is 2.17 bits per heavy atom. The van der Waals surface area contributed by atoms with Crippen molar-refractivity contribution >= 4 is 6.29 Å². The van der Waals surface area contributed by atoms with Crippen LogP contribution in [0.1, 0.15) is 13.8 Å². The maximum absolute atomic E-state index is 10.5. The molecule has 0 aromatic rings. The first-order chi connectivity index (χ1) is 5.62. The van der Waals surface area contributed by atoms with Crippen LogP contribution in [0, 0.1) is 0 Å². The Hall–Kier alpha value is -0.450. The molecule has 0 unspecified atom stereocenters. The van der Waals surface area contributed by atoms with Gasteiger partial charge in [-0.1, -0.05) is 0 Å². The Morgan fingerprint density at radius 3 is 2.83 bits per heavy atom. The summed E-state index contributed by atoms with van der Waals surface area (Å²) in [6.07, 6.45) is 0.0413. The summed E-state index contributed by atoms with van der Waals surface area (Å²) in [4.78, 5) is 10.5. The minimum Gasteiger partial charge on any atom is -0.365 e. The summed E-state index contributed by atoms with van der Waals surface area (Å²) in [7, 11) is 0. The number of fused-ring (bicyclic) bond motifs is 1. The van der Waals surface area contributed by atoms with Gasteiger partial charge in [0.05, 0.1) is 6.61 Å². The Balaban J connectivity index is 2.11. The third-order valence-electron chi connectivity index (χ3n) is 2.13. The zero-order valence-corrected chi connectivity index (χ0v) is 7.15. The lowest BCUT2D eigenvalue weighted by molar-refractivity contribution is -0.174. The summed E-state index contributed by atoms with van der Waals surface area (Å²) in [5.41, 5.74) is 0. The summed E-state index contributed by atoms with van der Waals surface area (Å²) >= 11 is 0. The van der Waals surface area contributed by atoms with Gasteiger partial charge >= 0.3 is 0 Å². The second-order valence-electron chi connectivity index (χ2n) is 3.57. The van der Waals surface area contributed by atoms with E-state index in [4.69, 9.17) is 14.2 Å². The van der Waals surface area contributed by atoms with Crippen LogP contribution in [0.15, 0.2) is 0 Å². The molecule has 2 heterocycles. The molecule has 0 radical (unpaired) electrons. The molecule has 2 rings (SSSR count). The van der Waals surface area contributed by atoms with Crippen molar-refractivity contribution < 1.29 is 19.0 Å². The van der Waals surface area contributed by atoms with Crippen molar-refractivity contribution in [3.05, 3.63) is 0 Å². The fourth-order valence-electron chi connectivity index (χ4n) is 1.69. The Kier molecular flexibility index (Phi) is 1.71. The van der Waals surface area contributed by atoms with Crippen molar-refractivity contribution in [2.24, 2.45) is 0 Å². The van der Waals surface area contributed by atoms with Gasteiger partial charge in [0.15, 0.2) is 12.1 Å². The van der Waals surface area contributed by atoms with Gasteiger partial charge in [0.2, 0.25) is 0 Å². The SMILES string of the molecule is CC1(C)O[C@H]2[C@H](CO[C@@H]2C=O)O1. The van der Waals surface area contributed by atoms with E-state index in [0.29, 0.717) is 6.61 Å². The van der Waals surface area contributed by atoms with Gasteiger partial charge < -0.3 is 19.0 Å². The van der Waals surface area contributed by atoms with E-state index in [1.807, 2.05) is 13.8 Å². The van der Waals surface area contributed by atoms with E-state index in [1.54, 1.807) is 0 Å². The summed E-state index contributed by atoms with van der Waals surface area (Å²) in [6, 6.07) is 0. The summed E-state index contributed by atoms with van der Waals surface area (Å²) in [5.74, 6) is -0.569. The standard InChI is InChI=1S/C8H12O4/c1-8(2)11-6-4-10-5(3-9)7(6)12-8/h3,5-7H,4H2,1-2H3/t5-,6+,7-/m1/s1. The first-order valence-electron chi connectivity index (χ1n) is 4.05. The lowest BCUT2D eigenvalue weighted by atomic mass is 10.2. The van der Waals surface area contributed by atoms with Gasteiger partial charge in [-0.2, -0.15) is 0 Å². The molecule has 0 saturated carbocycles. The van der Waals surface area contributed by atoms with Crippen molar-refractivity contribution in [3.8, 4) is 0 Å². The van der Waals surface area contributed by atoms with Crippen LogP contribution in [-0.2, 0) is 19.0 Å². The first kappa shape index (κ1) is 8.16. The number of hydrogen-bond donors (Lipinski definition) is 0. The molecule has 2 saturated heterocycles. The number of aldehydes is 1. The van der Waals surface area contributed by atoms with Gasteiger partial charge in [0, 0.05) is 0 Å². The van der Waals surface area contributed by atoms with Crippen LogP contribution < -0.4 is 0 Å². The maximum atomic E-state index is 10.5.